The first kappa shape index (κ1) is 11.8. The highest BCUT2D eigenvalue weighted by molar-refractivity contribution is 5.61. The van der Waals surface area contributed by atoms with Crippen LogP contribution >= 0.6 is 0 Å². The maximum absolute atomic E-state index is 13.1. The van der Waals surface area contributed by atoms with Gasteiger partial charge in [-0.15, -0.1) is 0 Å². The third kappa shape index (κ3) is 1.94. The third-order valence-electron chi connectivity index (χ3n) is 3.26. The van der Waals surface area contributed by atoms with Crippen molar-refractivity contribution in [2.24, 2.45) is 0 Å². The summed E-state index contributed by atoms with van der Waals surface area (Å²) in [4.78, 5) is 12.1. The highest BCUT2D eigenvalue weighted by atomic mass is 19.1. The standard InChI is InChI=1S/C11H20FN2O2/c1-11(2,3)16-10(15)14(6-8(12)7-14)9-4-13-5-9/h8-9,13H,4-7H2,1-3H3/q+1. The summed E-state index contributed by atoms with van der Waals surface area (Å²) in [6.45, 7) is 7.65. The lowest BCUT2D eigenvalue weighted by atomic mass is 9.99. The molecule has 2 aliphatic heterocycles. The Hall–Kier alpha value is -0.680. The molecule has 2 saturated heterocycles. The first-order valence-electron chi connectivity index (χ1n) is 5.78. The number of hydrogen-bond donors (Lipinski definition) is 1. The van der Waals surface area contributed by atoms with E-state index in [2.05, 4.69) is 5.32 Å². The Morgan fingerprint density at radius 2 is 1.94 bits per heavy atom. The molecule has 0 aliphatic carbocycles. The topological polar surface area (TPSA) is 38.3 Å². The van der Waals surface area contributed by atoms with E-state index >= 15 is 0 Å². The molecule has 0 radical (unpaired) electrons. The summed E-state index contributed by atoms with van der Waals surface area (Å²) in [6, 6.07) is 0.196. The SMILES string of the molecule is CC(C)(C)OC(=O)[N+]1(C2CNC2)CC(F)C1. The smallest absolute Gasteiger partial charge is 0.414 e. The first-order chi connectivity index (χ1) is 7.33. The summed E-state index contributed by atoms with van der Waals surface area (Å²) in [6.07, 6.45) is -1.12. The van der Waals surface area contributed by atoms with E-state index in [4.69, 9.17) is 4.74 Å². The van der Waals surface area contributed by atoms with Crippen LogP contribution in [0.4, 0.5) is 9.18 Å². The van der Waals surface area contributed by atoms with Gasteiger partial charge in [0.25, 0.3) is 0 Å². The summed E-state index contributed by atoms with van der Waals surface area (Å²) in [5.41, 5.74) is -0.499. The molecule has 1 N–H and O–H groups in total. The summed E-state index contributed by atoms with van der Waals surface area (Å²) < 4.78 is 18.6. The van der Waals surface area contributed by atoms with Crippen molar-refractivity contribution in [1.29, 1.82) is 0 Å². The van der Waals surface area contributed by atoms with Gasteiger partial charge < -0.3 is 10.1 Å². The molecule has 0 unspecified atom stereocenters. The zero-order chi connectivity index (χ0) is 12.0. The first-order valence-corrected chi connectivity index (χ1v) is 5.78. The van der Waals surface area contributed by atoms with E-state index in [9.17, 15) is 9.18 Å². The molecule has 2 fully saturated rings. The second-order valence-electron chi connectivity index (χ2n) is 5.79. The molecule has 0 atom stereocenters. The quantitative estimate of drug-likeness (QED) is 0.686. The second-order valence-corrected chi connectivity index (χ2v) is 5.79. The van der Waals surface area contributed by atoms with E-state index in [0.717, 1.165) is 13.1 Å². The molecular formula is C11H20FN2O2+. The molecule has 0 spiro atoms. The predicted molar refractivity (Wildman–Crippen MR) is 57.8 cm³/mol. The molecule has 92 valence electrons. The van der Waals surface area contributed by atoms with Gasteiger partial charge in [-0.2, -0.15) is 4.79 Å². The van der Waals surface area contributed by atoms with Gasteiger partial charge in [0.05, 0.1) is 0 Å². The summed E-state index contributed by atoms with van der Waals surface area (Å²) in [7, 11) is 0. The lowest BCUT2D eigenvalue weighted by Crippen LogP contribution is -2.79. The monoisotopic (exact) mass is 231 g/mol. The highest BCUT2D eigenvalue weighted by Crippen LogP contribution is 2.31. The Bertz CT molecular complexity index is 291. The number of hydrogen-bond acceptors (Lipinski definition) is 3. The van der Waals surface area contributed by atoms with Crippen LogP contribution < -0.4 is 5.32 Å². The largest absolute Gasteiger partial charge is 0.517 e. The minimum Gasteiger partial charge on any atom is -0.414 e. The van der Waals surface area contributed by atoms with Crippen LogP contribution in [0.1, 0.15) is 20.8 Å². The number of nitrogens with one attached hydrogen (secondary N) is 1. The Kier molecular flexibility index (Phi) is 2.70. The van der Waals surface area contributed by atoms with Crippen LogP contribution in [0.5, 0.6) is 0 Å². The van der Waals surface area contributed by atoms with Gasteiger partial charge in [0.1, 0.15) is 24.7 Å². The molecule has 2 aliphatic rings. The molecule has 0 saturated carbocycles. The van der Waals surface area contributed by atoms with Gasteiger partial charge >= 0.3 is 6.09 Å². The zero-order valence-electron chi connectivity index (χ0n) is 10.1. The van der Waals surface area contributed by atoms with E-state index in [1.807, 2.05) is 20.8 Å². The maximum Gasteiger partial charge on any atom is 0.517 e. The predicted octanol–water partition coefficient (Wildman–Crippen LogP) is 1.06. The van der Waals surface area contributed by atoms with Gasteiger partial charge in [-0.25, -0.2) is 8.87 Å². The van der Waals surface area contributed by atoms with Crippen LogP contribution in [0.25, 0.3) is 0 Å². The second kappa shape index (κ2) is 3.67. The van der Waals surface area contributed by atoms with Crippen molar-refractivity contribution in [3.63, 3.8) is 0 Å². The number of ether oxygens (including phenoxy) is 1. The zero-order valence-corrected chi connectivity index (χ0v) is 10.1. The van der Waals surface area contributed by atoms with E-state index in [0.29, 0.717) is 0 Å². The summed E-state index contributed by atoms with van der Waals surface area (Å²) in [5, 5.41) is 3.12. The third-order valence-corrected chi connectivity index (χ3v) is 3.26. The molecule has 0 aromatic heterocycles. The van der Waals surface area contributed by atoms with Crippen molar-refractivity contribution < 1.29 is 18.4 Å². The minimum absolute atomic E-state index is 0.172. The van der Waals surface area contributed by atoms with Crippen molar-refractivity contribution in [3.05, 3.63) is 0 Å². The average molecular weight is 231 g/mol. The number of quaternary nitrogens is 1. The number of likely N-dealkylation sites (tertiary alicyclic amines) is 1. The minimum atomic E-state index is -0.854. The van der Waals surface area contributed by atoms with Gasteiger partial charge in [-0.05, 0) is 20.8 Å². The maximum atomic E-state index is 13.1. The summed E-state index contributed by atoms with van der Waals surface area (Å²) in [5.74, 6) is 0. The molecule has 2 rings (SSSR count). The lowest BCUT2D eigenvalue weighted by Gasteiger charge is -2.52. The van der Waals surface area contributed by atoms with Gasteiger partial charge in [0.2, 0.25) is 0 Å². The Morgan fingerprint density at radius 1 is 1.38 bits per heavy atom. The van der Waals surface area contributed by atoms with Crippen LogP contribution in [0.3, 0.4) is 0 Å². The van der Waals surface area contributed by atoms with Crippen LogP contribution in [-0.2, 0) is 4.74 Å². The van der Waals surface area contributed by atoms with Gasteiger partial charge in [0.15, 0.2) is 6.17 Å². The number of alkyl halides is 1. The highest BCUT2D eigenvalue weighted by Gasteiger charge is 2.59. The molecule has 0 aromatic rings. The molecule has 16 heavy (non-hydrogen) atoms. The number of nitrogens with zero attached hydrogens (tertiary/aromatic N) is 1. The van der Waals surface area contributed by atoms with Crippen LogP contribution in [0.15, 0.2) is 0 Å². The van der Waals surface area contributed by atoms with Crippen molar-refractivity contribution in [2.45, 2.75) is 38.6 Å². The molecule has 0 bridgehead atoms. The van der Waals surface area contributed by atoms with E-state index < -0.39 is 11.8 Å². The van der Waals surface area contributed by atoms with Crippen molar-refractivity contribution in [2.75, 3.05) is 26.2 Å². The van der Waals surface area contributed by atoms with Crippen molar-refractivity contribution >= 4 is 6.09 Å². The molecule has 5 heteroatoms. The lowest BCUT2D eigenvalue weighted by molar-refractivity contribution is -0.929. The van der Waals surface area contributed by atoms with Crippen LogP contribution in [0.2, 0.25) is 0 Å². The molecule has 1 amide bonds. The fourth-order valence-corrected chi connectivity index (χ4v) is 2.23. The Labute approximate surface area is 95.3 Å². The van der Waals surface area contributed by atoms with Crippen LogP contribution in [0, 0.1) is 0 Å². The molecule has 2 heterocycles. The van der Waals surface area contributed by atoms with Crippen molar-refractivity contribution in [3.8, 4) is 0 Å². The van der Waals surface area contributed by atoms with Crippen LogP contribution in [-0.4, -0.2) is 54.6 Å². The fourth-order valence-electron chi connectivity index (χ4n) is 2.23. The number of carbonyl (C=O) groups is 1. The molecule has 0 aromatic carbocycles. The number of carbonyl (C=O) groups excluding carboxylic acids is 1. The number of rotatable bonds is 1. The van der Waals surface area contributed by atoms with Gasteiger partial charge in [0, 0.05) is 13.1 Å². The Balaban J connectivity index is 2.05. The Morgan fingerprint density at radius 3 is 2.25 bits per heavy atom. The normalized spacial score (nSPS) is 35.1. The van der Waals surface area contributed by atoms with E-state index in [-0.39, 0.29) is 29.7 Å². The number of amides is 1. The molecular weight excluding hydrogens is 211 g/mol. The van der Waals surface area contributed by atoms with E-state index in [1.54, 1.807) is 0 Å². The summed E-state index contributed by atoms with van der Waals surface area (Å²) >= 11 is 0. The fraction of sp³-hybridized carbons (Fsp3) is 0.909. The van der Waals surface area contributed by atoms with Gasteiger partial charge in [-0.3, -0.25) is 0 Å². The van der Waals surface area contributed by atoms with Crippen molar-refractivity contribution in [1.82, 2.24) is 5.32 Å². The van der Waals surface area contributed by atoms with E-state index in [1.165, 1.54) is 0 Å². The average Bonchev–Trinajstić information content (AvgIpc) is 1.93. The van der Waals surface area contributed by atoms with Gasteiger partial charge in [-0.1, -0.05) is 0 Å². The molecule has 4 nitrogen and oxygen atoms in total. The number of halogens is 1.